The van der Waals surface area contributed by atoms with Crippen molar-refractivity contribution in [2.45, 2.75) is 12.8 Å². The van der Waals surface area contributed by atoms with E-state index >= 15 is 0 Å². The van der Waals surface area contributed by atoms with Crippen molar-refractivity contribution in [1.82, 2.24) is 10.3 Å². The van der Waals surface area contributed by atoms with E-state index in [-0.39, 0.29) is 17.4 Å². The predicted octanol–water partition coefficient (Wildman–Crippen LogP) is 0.742. The van der Waals surface area contributed by atoms with Gasteiger partial charge in [0.2, 0.25) is 5.91 Å². The Morgan fingerprint density at radius 1 is 1.42 bits per heavy atom. The minimum Gasteiger partial charge on any atom is -0.478 e. The van der Waals surface area contributed by atoms with E-state index in [0.717, 1.165) is 12.8 Å². The molecule has 0 spiro atoms. The van der Waals surface area contributed by atoms with Crippen LogP contribution in [0.15, 0.2) is 18.5 Å². The maximum absolute atomic E-state index is 11.6. The van der Waals surface area contributed by atoms with Crippen LogP contribution in [0.25, 0.3) is 0 Å². The smallest absolute Gasteiger partial charge is 0.339 e. The first-order valence-electron chi connectivity index (χ1n) is 6.27. The molecule has 6 heteroatoms. The highest BCUT2D eigenvalue weighted by molar-refractivity contribution is 5.94. The SMILES string of the molecule is CNC(=O)C1CCN(c2ccncc2C(=O)O)CC1. The summed E-state index contributed by atoms with van der Waals surface area (Å²) in [5.74, 6) is -0.888. The molecule has 19 heavy (non-hydrogen) atoms. The number of pyridine rings is 1. The van der Waals surface area contributed by atoms with Crippen molar-refractivity contribution in [2.24, 2.45) is 5.92 Å². The highest BCUT2D eigenvalue weighted by Crippen LogP contribution is 2.25. The summed E-state index contributed by atoms with van der Waals surface area (Å²) in [5, 5.41) is 11.8. The van der Waals surface area contributed by atoms with Gasteiger partial charge in [-0.15, -0.1) is 0 Å². The third-order valence-electron chi connectivity index (χ3n) is 3.48. The average molecular weight is 263 g/mol. The molecule has 1 aromatic rings. The Labute approximate surface area is 111 Å². The van der Waals surface area contributed by atoms with E-state index in [0.29, 0.717) is 18.8 Å². The van der Waals surface area contributed by atoms with Gasteiger partial charge in [0, 0.05) is 38.4 Å². The van der Waals surface area contributed by atoms with Gasteiger partial charge in [-0.1, -0.05) is 0 Å². The number of aromatic nitrogens is 1. The van der Waals surface area contributed by atoms with Crippen molar-refractivity contribution in [3.63, 3.8) is 0 Å². The number of amides is 1. The third kappa shape index (κ3) is 2.83. The van der Waals surface area contributed by atoms with Crippen molar-refractivity contribution < 1.29 is 14.7 Å². The second kappa shape index (κ2) is 5.69. The van der Waals surface area contributed by atoms with Gasteiger partial charge in [-0.3, -0.25) is 9.78 Å². The molecule has 0 unspecified atom stereocenters. The van der Waals surface area contributed by atoms with E-state index in [1.807, 2.05) is 4.90 Å². The quantitative estimate of drug-likeness (QED) is 0.840. The molecule has 0 aromatic carbocycles. The molecule has 1 saturated heterocycles. The molecule has 2 N–H and O–H groups in total. The lowest BCUT2D eigenvalue weighted by molar-refractivity contribution is -0.125. The highest BCUT2D eigenvalue weighted by atomic mass is 16.4. The van der Waals surface area contributed by atoms with Crippen LogP contribution in [-0.4, -0.2) is 42.1 Å². The van der Waals surface area contributed by atoms with Crippen molar-refractivity contribution in [2.75, 3.05) is 25.0 Å². The van der Waals surface area contributed by atoms with Crippen LogP contribution in [0.2, 0.25) is 0 Å². The molecule has 1 fully saturated rings. The minimum absolute atomic E-state index is 0.0244. The molecule has 2 rings (SSSR count). The Bertz CT molecular complexity index is 482. The van der Waals surface area contributed by atoms with Crippen LogP contribution in [0.1, 0.15) is 23.2 Å². The normalized spacial score (nSPS) is 16.2. The summed E-state index contributed by atoms with van der Waals surface area (Å²) in [6.07, 6.45) is 4.43. The van der Waals surface area contributed by atoms with Crippen LogP contribution in [0.4, 0.5) is 5.69 Å². The van der Waals surface area contributed by atoms with Crippen molar-refractivity contribution in [1.29, 1.82) is 0 Å². The van der Waals surface area contributed by atoms with Gasteiger partial charge in [0.15, 0.2) is 0 Å². The molecule has 1 aliphatic heterocycles. The molecule has 0 aliphatic carbocycles. The average Bonchev–Trinajstić information content (AvgIpc) is 2.46. The summed E-state index contributed by atoms with van der Waals surface area (Å²) in [7, 11) is 1.64. The number of carbonyl (C=O) groups excluding carboxylic acids is 1. The van der Waals surface area contributed by atoms with Gasteiger partial charge in [0.1, 0.15) is 5.56 Å². The van der Waals surface area contributed by atoms with Gasteiger partial charge in [0.25, 0.3) is 0 Å². The number of hydrogen-bond donors (Lipinski definition) is 2. The molecule has 0 saturated carbocycles. The number of carbonyl (C=O) groups is 2. The first-order chi connectivity index (χ1) is 9.13. The fourth-order valence-electron chi connectivity index (χ4n) is 2.41. The number of carboxylic acid groups (broad SMARTS) is 1. The maximum atomic E-state index is 11.6. The monoisotopic (exact) mass is 263 g/mol. The number of aromatic carboxylic acids is 1. The van der Waals surface area contributed by atoms with Gasteiger partial charge < -0.3 is 15.3 Å². The highest BCUT2D eigenvalue weighted by Gasteiger charge is 2.26. The second-order valence-corrected chi connectivity index (χ2v) is 4.57. The lowest BCUT2D eigenvalue weighted by Crippen LogP contribution is -2.40. The zero-order chi connectivity index (χ0) is 13.8. The van der Waals surface area contributed by atoms with Crippen molar-refractivity contribution >= 4 is 17.6 Å². The van der Waals surface area contributed by atoms with E-state index < -0.39 is 5.97 Å². The molecule has 2 heterocycles. The summed E-state index contributed by atoms with van der Waals surface area (Å²) in [4.78, 5) is 28.6. The number of hydrogen-bond acceptors (Lipinski definition) is 4. The van der Waals surface area contributed by atoms with Gasteiger partial charge in [-0.05, 0) is 18.9 Å². The fourth-order valence-corrected chi connectivity index (χ4v) is 2.41. The Kier molecular flexibility index (Phi) is 3.99. The summed E-state index contributed by atoms with van der Waals surface area (Å²) in [5.41, 5.74) is 0.888. The topological polar surface area (TPSA) is 82.5 Å². The fraction of sp³-hybridized carbons (Fsp3) is 0.462. The maximum Gasteiger partial charge on any atom is 0.339 e. The number of carboxylic acids is 1. The molecule has 6 nitrogen and oxygen atoms in total. The molecule has 102 valence electrons. The van der Waals surface area contributed by atoms with E-state index in [4.69, 9.17) is 5.11 Å². The van der Waals surface area contributed by atoms with Gasteiger partial charge in [-0.25, -0.2) is 4.79 Å². The molecule has 0 bridgehead atoms. The van der Waals surface area contributed by atoms with Crippen LogP contribution in [0.5, 0.6) is 0 Å². The molecule has 1 aliphatic rings. The summed E-state index contributed by atoms with van der Waals surface area (Å²) in [6.45, 7) is 1.37. The second-order valence-electron chi connectivity index (χ2n) is 4.57. The van der Waals surface area contributed by atoms with Crippen LogP contribution < -0.4 is 10.2 Å². The van der Waals surface area contributed by atoms with Crippen LogP contribution in [-0.2, 0) is 4.79 Å². The Balaban J connectivity index is 2.10. The molecule has 0 radical (unpaired) electrons. The Morgan fingerprint density at radius 3 is 2.68 bits per heavy atom. The Hall–Kier alpha value is -2.11. The van der Waals surface area contributed by atoms with Crippen LogP contribution >= 0.6 is 0 Å². The first-order valence-corrected chi connectivity index (χ1v) is 6.27. The van der Waals surface area contributed by atoms with Crippen LogP contribution in [0, 0.1) is 5.92 Å². The van der Waals surface area contributed by atoms with Gasteiger partial charge in [-0.2, -0.15) is 0 Å². The van der Waals surface area contributed by atoms with Gasteiger partial charge in [0.05, 0.1) is 5.69 Å². The summed E-state index contributed by atoms with van der Waals surface area (Å²) in [6, 6.07) is 1.71. The van der Waals surface area contributed by atoms with Crippen molar-refractivity contribution in [3.05, 3.63) is 24.0 Å². The largest absolute Gasteiger partial charge is 0.478 e. The lowest BCUT2D eigenvalue weighted by atomic mass is 9.95. The number of nitrogens with zero attached hydrogens (tertiary/aromatic N) is 2. The van der Waals surface area contributed by atoms with Crippen LogP contribution in [0.3, 0.4) is 0 Å². The number of rotatable bonds is 3. The number of piperidine rings is 1. The standard InChI is InChI=1S/C13H17N3O3/c1-14-12(17)9-3-6-16(7-4-9)11-2-5-15-8-10(11)13(18)19/h2,5,8-9H,3-4,6-7H2,1H3,(H,14,17)(H,18,19). The molecular formula is C13H17N3O3. The lowest BCUT2D eigenvalue weighted by Gasteiger charge is -2.33. The molecule has 1 aromatic heterocycles. The summed E-state index contributed by atoms with van der Waals surface area (Å²) < 4.78 is 0. The third-order valence-corrected chi connectivity index (χ3v) is 3.48. The molecule has 1 amide bonds. The van der Waals surface area contributed by atoms with E-state index in [9.17, 15) is 9.59 Å². The zero-order valence-corrected chi connectivity index (χ0v) is 10.8. The molecular weight excluding hydrogens is 246 g/mol. The number of anilines is 1. The summed E-state index contributed by atoms with van der Waals surface area (Å²) >= 11 is 0. The Morgan fingerprint density at radius 2 is 2.11 bits per heavy atom. The molecule has 0 atom stereocenters. The number of nitrogens with one attached hydrogen (secondary N) is 1. The van der Waals surface area contributed by atoms with E-state index in [1.165, 1.54) is 6.20 Å². The van der Waals surface area contributed by atoms with E-state index in [2.05, 4.69) is 10.3 Å². The predicted molar refractivity (Wildman–Crippen MR) is 70.2 cm³/mol. The van der Waals surface area contributed by atoms with Crippen molar-refractivity contribution in [3.8, 4) is 0 Å². The minimum atomic E-state index is -0.975. The van der Waals surface area contributed by atoms with E-state index in [1.54, 1.807) is 19.3 Å². The first kappa shape index (κ1) is 13.3. The zero-order valence-electron chi connectivity index (χ0n) is 10.8. The van der Waals surface area contributed by atoms with Gasteiger partial charge >= 0.3 is 5.97 Å².